The molecule has 0 aliphatic carbocycles. The average Bonchev–Trinajstić information content (AvgIpc) is 3.26. The van der Waals surface area contributed by atoms with Crippen LogP contribution >= 0.6 is 0 Å². The van der Waals surface area contributed by atoms with Gasteiger partial charge in [-0.25, -0.2) is 0 Å². The number of nitrogens with zero attached hydrogens (tertiary/aromatic N) is 5. The maximum atomic E-state index is 4.22. The molecule has 0 bridgehead atoms. The average molecular weight is 510 g/mol. The summed E-state index contributed by atoms with van der Waals surface area (Å²) in [6, 6.07) is 15.5. The van der Waals surface area contributed by atoms with Crippen molar-refractivity contribution in [1.29, 1.82) is 0 Å². The molecule has 0 unspecified atom stereocenters. The maximum absolute atomic E-state index is 4.22. The van der Waals surface area contributed by atoms with Crippen molar-refractivity contribution in [2.24, 2.45) is 0 Å². The third-order valence-electron chi connectivity index (χ3n) is 3.29. The Bertz CT molecular complexity index is 809. The van der Waals surface area contributed by atoms with Crippen LogP contribution < -0.4 is 10.1 Å². The van der Waals surface area contributed by atoms with Gasteiger partial charge in [-0.05, 0) is 38.1 Å². The first kappa shape index (κ1) is 18.8. The molecule has 0 atom stereocenters. The van der Waals surface area contributed by atoms with E-state index in [-0.39, 0.29) is 21.1 Å². The van der Waals surface area contributed by atoms with Crippen molar-refractivity contribution in [3.63, 3.8) is 0 Å². The second kappa shape index (κ2) is 9.09. The van der Waals surface area contributed by atoms with Crippen molar-refractivity contribution in [2.45, 2.75) is 13.8 Å². The predicted octanol–water partition coefficient (Wildman–Crippen LogP) is 3.42. The fraction of sp³-hybridized carbons (Fsp3) is 0.105. The fourth-order valence-electron chi connectivity index (χ4n) is 2.14. The Balaban J connectivity index is 0.000000173. The van der Waals surface area contributed by atoms with E-state index in [1.807, 2.05) is 68.6 Å². The molecular formula is C19H17N5Pt. The minimum atomic E-state index is 0. The standard InChI is InChI=1S/C10H9N2.C9H8N3.Pt/c1-8-6-10(12-7-8)9-4-2-3-5-11-9;1-7-6-9(12-11-7)8-4-2-3-5-10-8;/h2-7H,1H3;2-6H,1H3;/q2*-1;+2. The first-order valence-electron chi connectivity index (χ1n) is 7.61. The van der Waals surface area contributed by atoms with Crippen molar-refractivity contribution >= 4 is 0 Å². The third-order valence-corrected chi connectivity index (χ3v) is 3.29. The smallest absolute Gasteiger partial charge is 0.662 e. The van der Waals surface area contributed by atoms with E-state index in [0.29, 0.717) is 0 Å². The molecule has 0 radical (unpaired) electrons. The van der Waals surface area contributed by atoms with Crippen LogP contribution in [0.1, 0.15) is 11.3 Å². The molecule has 0 aliphatic heterocycles. The van der Waals surface area contributed by atoms with E-state index in [4.69, 9.17) is 0 Å². The van der Waals surface area contributed by atoms with Gasteiger partial charge in [0.2, 0.25) is 0 Å². The normalized spacial score (nSPS) is 9.68. The second-order valence-electron chi connectivity index (χ2n) is 5.33. The molecule has 0 amide bonds. The summed E-state index contributed by atoms with van der Waals surface area (Å²) in [6.45, 7) is 3.94. The SMILES string of the molecule is Cc1c[n-]c(-c2ccccn2)c1.Cc1cc(-c2ccccn2)[n-]n1.[Pt+2]. The molecular weight excluding hydrogens is 493 g/mol. The van der Waals surface area contributed by atoms with Crippen LogP contribution in [0.3, 0.4) is 0 Å². The molecule has 0 fully saturated rings. The van der Waals surface area contributed by atoms with E-state index in [1.165, 1.54) is 5.56 Å². The van der Waals surface area contributed by atoms with Crippen LogP contribution in [-0.4, -0.2) is 15.1 Å². The van der Waals surface area contributed by atoms with E-state index in [0.717, 1.165) is 28.5 Å². The van der Waals surface area contributed by atoms with Gasteiger partial charge in [-0.3, -0.25) is 9.97 Å². The molecule has 0 aliphatic rings. The van der Waals surface area contributed by atoms with E-state index in [9.17, 15) is 0 Å². The van der Waals surface area contributed by atoms with Gasteiger partial charge in [0.1, 0.15) is 0 Å². The van der Waals surface area contributed by atoms with E-state index >= 15 is 0 Å². The Labute approximate surface area is 161 Å². The molecule has 0 N–H and O–H groups in total. The Morgan fingerprint density at radius 2 is 1.44 bits per heavy atom. The Morgan fingerprint density at radius 3 is 1.88 bits per heavy atom. The zero-order chi connectivity index (χ0) is 16.8. The van der Waals surface area contributed by atoms with Crippen molar-refractivity contribution in [1.82, 2.24) is 25.1 Å². The zero-order valence-corrected chi connectivity index (χ0v) is 16.2. The first-order valence-corrected chi connectivity index (χ1v) is 7.61. The number of hydrogen-bond acceptors (Lipinski definition) is 3. The second-order valence-corrected chi connectivity index (χ2v) is 5.33. The summed E-state index contributed by atoms with van der Waals surface area (Å²) in [5.41, 5.74) is 5.70. The quantitative estimate of drug-likeness (QED) is 0.414. The van der Waals surface area contributed by atoms with Crippen molar-refractivity contribution < 1.29 is 21.1 Å². The minimum absolute atomic E-state index is 0. The molecule has 4 heterocycles. The number of aromatic nitrogens is 5. The number of aryl methyl sites for hydroxylation is 2. The number of rotatable bonds is 2. The van der Waals surface area contributed by atoms with Gasteiger partial charge in [0.05, 0.1) is 0 Å². The summed E-state index contributed by atoms with van der Waals surface area (Å²) in [5.74, 6) is 0. The monoisotopic (exact) mass is 510 g/mol. The summed E-state index contributed by atoms with van der Waals surface area (Å²) in [6.07, 6.45) is 5.38. The molecule has 4 rings (SSSR count). The van der Waals surface area contributed by atoms with Crippen molar-refractivity contribution in [3.05, 3.63) is 78.4 Å². The molecule has 128 valence electrons. The molecule has 4 aromatic rings. The van der Waals surface area contributed by atoms with Crippen LogP contribution in [-0.2, 0) is 21.1 Å². The van der Waals surface area contributed by atoms with Crippen LogP contribution in [0.25, 0.3) is 22.8 Å². The van der Waals surface area contributed by atoms with E-state index in [1.54, 1.807) is 12.4 Å². The topological polar surface area (TPSA) is 66.9 Å². The molecule has 4 aromatic heterocycles. The van der Waals surface area contributed by atoms with Crippen LogP contribution in [0.5, 0.6) is 0 Å². The molecule has 0 saturated carbocycles. The van der Waals surface area contributed by atoms with E-state index in [2.05, 4.69) is 25.1 Å². The van der Waals surface area contributed by atoms with Gasteiger partial charge in [0, 0.05) is 29.5 Å². The summed E-state index contributed by atoms with van der Waals surface area (Å²) < 4.78 is 0. The molecule has 5 nitrogen and oxygen atoms in total. The van der Waals surface area contributed by atoms with Gasteiger partial charge in [-0.1, -0.05) is 35.5 Å². The zero-order valence-electron chi connectivity index (χ0n) is 13.9. The van der Waals surface area contributed by atoms with Gasteiger partial charge in [-0.15, -0.1) is 5.69 Å². The molecule has 0 spiro atoms. The van der Waals surface area contributed by atoms with Crippen molar-refractivity contribution in [2.75, 3.05) is 0 Å². The van der Waals surface area contributed by atoms with Gasteiger partial charge < -0.3 is 15.2 Å². The largest absolute Gasteiger partial charge is 2.00 e. The molecule has 0 saturated heterocycles. The van der Waals surface area contributed by atoms with Gasteiger partial charge >= 0.3 is 21.1 Å². The fourth-order valence-corrected chi connectivity index (χ4v) is 2.14. The number of pyridine rings is 2. The summed E-state index contributed by atoms with van der Waals surface area (Å²) in [5, 5.41) is 7.88. The third kappa shape index (κ3) is 5.23. The van der Waals surface area contributed by atoms with Crippen LogP contribution in [0.15, 0.2) is 67.1 Å². The number of hydrogen-bond donors (Lipinski definition) is 0. The van der Waals surface area contributed by atoms with Crippen LogP contribution in [0, 0.1) is 13.8 Å². The van der Waals surface area contributed by atoms with Gasteiger partial charge in [0.15, 0.2) is 0 Å². The molecule has 6 heteroatoms. The van der Waals surface area contributed by atoms with Crippen LogP contribution in [0.4, 0.5) is 0 Å². The minimum Gasteiger partial charge on any atom is -0.662 e. The molecule has 0 aromatic carbocycles. The first-order chi connectivity index (χ1) is 11.7. The summed E-state index contributed by atoms with van der Waals surface area (Å²) in [4.78, 5) is 12.6. The summed E-state index contributed by atoms with van der Waals surface area (Å²) in [7, 11) is 0. The Hall–Kier alpha value is -2.52. The maximum Gasteiger partial charge on any atom is 2.00 e. The van der Waals surface area contributed by atoms with Gasteiger partial charge in [-0.2, -0.15) is 6.20 Å². The Morgan fingerprint density at radius 1 is 0.800 bits per heavy atom. The Kier molecular flexibility index (Phi) is 6.84. The van der Waals surface area contributed by atoms with E-state index < -0.39 is 0 Å². The van der Waals surface area contributed by atoms with Crippen molar-refractivity contribution in [3.8, 4) is 22.8 Å². The van der Waals surface area contributed by atoms with Crippen LogP contribution in [0.2, 0.25) is 0 Å². The predicted molar refractivity (Wildman–Crippen MR) is 93.3 cm³/mol. The molecule has 25 heavy (non-hydrogen) atoms. The van der Waals surface area contributed by atoms with Gasteiger partial charge in [0.25, 0.3) is 0 Å². The summed E-state index contributed by atoms with van der Waals surface area (Å²) >= 11 is 0.